The lowest BCUT2D eigenvalue weighted by atomic mass is 9.85. The second-order valence-electron chi connectivity index (χ2n) is 4.87. The molecule has 8 nitrogen and oxygen atoms in total. The minimum Gasteiger partial charge on any atom is -0.354 e. The quantitative estimate of drug-likeness (QED) is 0.672. The summed E-state index contributed by atoms with van der Waals surface area (Å²) in [5.74, 6) is -1.17. The van der Waals surface area contributed by atoms with Crippen molar-refractivity contribution in [3.63, 3.8) is 0 Å². The van der Waals surface area contributed by atoms with Crippen LogP contribution in [0.2, 0.25) is 0 Å². The van der Waals surface area contributed by atoms with Crippen LogP contribution in [0.5, 0.6) is 0 Å². The first kappa shape index (κ1) is 14.9. The number of hydrogen-bond donors (Lipinski definition) is 3. The van der Waals surface area contributed by atoms with Crippen molar-refractivity contribution < 1.29 is 14.0 Å². The number of aromatic nitrogens is 2. The van der Waals surface area contributed by atoms with Gasteiger partial charge in [0.15, 0.2) is 0 Å². The van der Waals surface area contributed by atoms with E-state index < -0.39 is 29.0 Å². The first-order valence-corrected chi connectivity index (χ1v) is 6.53. The van der Waals surface area contributed by atoms with Crippen molar-refractivity contribution in [2.45, 2.75) is 19.3 Å². The van der Waals surface area contributed by atoms with Crippen molar-refractivity contribution in [1.29, 1.82) is 0 Å². The lowest BCUT2D eigenvalue weighted by molar-refractivity contribution is -0.120. The SMILES string of the molecule is O=C(CNC(=O)n1cc(F)c(=O)[nH]c1=O)NCC1CCC1. The van der Waals surface area contributed by atoms with E-state index in [1.165, 1.54) is 0 Å². The van der Waals surface area contributed by atoms with E-state index in [0.717, 1.165) is 19.3 Å². The minimum absolute atomic E-state index is 0.335. The van der Waals surface area contributed by atoms with Gasteiger partial charge in [0.05, 0.1) is 12.7 Å². The van der Waals surface area contributed by atoms with Gasteiger partial charge in [-0.1, -0.05) is 6.42 Å². The fraction of sp³-hybridized carbons (Fsp3) is 0.500. The second kappa shape index (κ2) is 6.33. The van der Waals surface area contributed by atoms with Gasteiger partial charge in [-0.2, -0.15) is 4.39 Å². The summed E-state index contributed by atoms with van der Waals surface area (Å²) in [6, 6.07) is -0.992. The molecule has 1 fully saturated rings. The molecule has 0 atom stereocenters. The van der Waals surface area contributed by atoms with Crippen LogP contribution in [-0.2, 0) is 4.79 Å². The van der Waals surface area contributed by atoms with E-state index in [4.69, 9.17) is 0 Å². The summed E-state index contributed by atoms with van der Waals surface area (Å²) in [6.07, 6.45) is 3.80. The van der Waals surface area contributed by atoms with Gasteiger partial charge in [-0.05, 0) is 18.8 Å². The third-order valence-electron chi connectivity index (χ3n) is 3.33. The highest BCUT2D eigenvalue weighted by atomic mass is 19.1. The number of amides is 2. The molecule has 1 saturated carbocycles. The Bertz CT molecular complexity index is 662. The van der Waals surface area contributed by atoms with Gasteiger partial charge in [0.25, 0.3) is 5.56 Å². The number of halogens is 1. The molecule has 9 heteroatoms. The molecule has 1 aliphatic rings. The summed E-state index contributed by atoms with van der Waals surface area (Å²) in [7, 11) is 0. The molecule has 0 aliphatic heterocycles. The van der Waals surface area contributed by atoms with Crippen LogP contribution in [0.1, 0.15) is 19.3 Å². The monoisotopic (exact) mass is 298 g/mol. The Balaban J connectivity index is 1.86. The molecule has 0 unspecified atom stereocenters. The lowest BCUT2D eigenvalue weighted by Gasteiger charge is -2.25. The van der Waals surface area contributed by atoms with Crippen LogP contribution in [0.15, 0.2) is 15.8 Å². The van der Waals surface area contributed by atoms with Crippen molar-refractivity contribution in [2.75, 3.05) is 13.1 Å². The second-order valence-corrected chi connectivity index (χ2v) is 4.87. The number of carbonyl (C=O) groups excluding carboxylic acids is 2. The summed E-state index contributed by atoms with van der Waals surface area (Å²) in [4.78, 5) is 46.9. The van der Waals surface area contributed by atoms with E-state index in [1.807, 2.05) is 0 Å². The number of nitrogens with one attached hydrogen (secondary N) is 3. The highest BCUT2D eigenvalue weighted by molar-refractivity contribution is 5.84. The molecule has 0 radical (unpaired) electrons. The van der Waals surface area contributed by atoms with Crippen molar-refractivity contribution in [2.24, 2.45) is 5.92 Å². The average molecular weight is 298 g/mol. The Kier molecular flexibility index (Phi) is 4.51. The molecule has 1 heterocycles. The molecule has 1 aliphatic carbocycles. The van der Waals surface area contributed by atoms with E-state index >= 15 is 0 Å². The molecule has 1 aromatic heterocycles. The van der Waals surface area contributed by atoms with Crippen molar-refractivity contribution in [3.8, 4) is 0 Å². The summed E-state index contributed by atoms with van der Waals surface area (Å²) in [5.41, 5.74) is -2.28. The zero-order valence-corrected chi connectivity index (χ0v) is 11.1. The number of aromatic amines is 1. The largest absolute Gasteiger partial charge is 0.354 e. The summed E-state index contributed by atoms with van der Waals surface area (Å²) in [5, 5.41) is 4.82. The van der Waals surface area contributed by atoms with Crippen LogP contribution in [-0.4, -0.2) is 34.6 Å². The number of hydrogen-bond acceptors (Lipinski definition) is 4. The van der Waals surface area contributed by atoms with Gasteiger partial charge in [-0.25, -0.2) is 14.2 Å². The molecule has 3 N–H and O–H groups in total. The van der Waals surface area contributed by atoms with Crippen LogP contribution < -0.4 is 21.9 Å². The maximum Gasteiger partial charge on any atom is 0.336 e. The van der Waals surface area contributed by atoms with Gasteiger partial charge in [0.2, 0.25) is 11.7 Å². The van der Waals surface area contributed by atoms with Crippen molar-refractivity contribution >= 4 is 11.9 Å². The average Bonchev–Trinajstić information content (AvgIpc) is 2.38. The molecular weight excluding hydrogens is 283 g/mol. The topological polar surface area (TPSA) is 113 Å². The predicted molar refractivity (Wildman–Crippen MR) is 70.4 cm³/mol. The Morgan fingerprint density at radius 1 is 1.33 bits per heavy atom. The van der Waals surface area contributed by atoms with E-state index in [9.17, 15) is 23.6 Å². The Morgan fingerprint density at radius 3 is 2.67 bits per heavy atom. The number of H-pyrrole nitrogens is 1. The maximum atomic E-state index is 13.0. The fourth-order valence-corrected chi connectivity index (χ4v) is 1.86. The molecule has 0 spiro atoms. The van der Waals surface area contributed by atoms with Crippen LogP contribution >= 0.6 is 0 Å². The van der Waals surface area contributed by atoms with E-state index in [0.29, 0.717) is 23.2 Å². The molecule has 1 aromatic rings. The first-order valence-electron chi connectivity index (χ1n) is 6.53. The molecular formula is C12H15FN4O4. The third-order valence-corrected chi connectivity index (χ3v) is 3.33. The number of carbonyl (C=O) groups is 2. The summed E-state index contributed by atoms with van der Waals surface area (Å²) >= 11 is 0. The van der Waals surface area contributed by atoms with Crippen LogP contribution in [0.3, 0.4) is 0 Å². The summed E-state index contributed by atoms with van der Waals surface area (Å²) in [6.45, 7) is 0.223. The smallest absolute Gasteiger partial charge is 0.336 e. The lowest BCUT2D eigenvalue weighted by Crippen LogP contribution is -2.45. The van der Waals surface area contributed by atoms with Crippen LogP contribution in [0, 0.1) is 11.7 Å². The van der Waals surface area contributed by atoms with Crippen molar-refractivity contribution in [1.82, 2.24) is 20.2 Å². The zero-order chi connectivity index (χ0) is 15.4. The predicted octanol–water partition coefficient (Wildman–Crippen LogP) is -0.850. The Hall–Kier alpha value is -2.45. The standard InChI is InChI=1S/C12H15FN4O4/c13-8-6-17(12(21)16-10(8)19)11(20)15-5-9(18)14-4-7-2-1-3-7/h6-7H,1-5H2,(H,14,18)(H,15,20)(H,16,19,21). The third kappa shape index (κ3) is 3.77. The van der Waals surface area contributed by atoms with Gasteiger partial charge in [-0.3, -0.25) is 14.6 Å². The zero-order valence-electron chi connectivity index (χ0n) is 11.1. The highest BCUT2D eigenvalue weighted by Gasteiger charge is 2.18. The highest BCUT2D eigenvalue weighted by Crippen LogP contribution is 2.24. The van der Waals surface area contributed by atoms with Gasteiger partial charge < -0.3 is 10.6 Å². The molecule has 114 valence electrons. The van der Waals surface area contributed by atoms with Gasteiger partial charge >= 0.3 is 11.7 Å². The van der Waals surface area contributed by atoms with E-state index in [-0.39, 0.29) is 6.54 Å². The number of nitrogens with zero attached hydrogens (tertiary/aromatic N) is 1. The Labute approximate surface area is 118 Å². The van der Waals surface area contributed by atoms with Crippen LogP contribution in [0.4, 0.5) is 9.18 Å². The van der Waals surface area contributed by atoms with Gasteiger partial charge in [0.1, 0.15) is 0 Å². The molecule has 0 aromatic carbocycles. The summed E-state index contributed by atoms with van der Waals surface area (Å²) < 4.78 is 13.4. The molecule has 21 heavy (non-hydrogen) atoms. The van der Waals surface area contributed by atoms with E-state index in [1.54, 1.807) is 4.98 Å². The molecule has 2 rings (SSSR count). The Morgan fingerprint density at radius 2 is 2.05 bits per heavy atom. The van der Waals surface area contributed by atoms with E-state index in [2.05, 4.69) is 10.6 Å². The van der Waals surface area contributed by atoms with Gasteiger partial charge in [-0.15, -0.1) is 0 Å². The van der Waals surface area contributed by atoms with Crippen LogP contribution in [0.25, 0.3) is 0 Å². The molecule has 0 saturated heterocycles. The normalized spacial score (nSPS) is 14.3. The number of rotatable bonds is 4. The van der Waals surface area contributed by atoms with Crippen molar-refractivity contribution in [3.05, 3.63) is 32.9 Å². The molecule has 2 amide bonds. The maximum absolute atomic E-state index is 13.0. The fourth-order valence-electron chi connectivity index (χ4n) is 1.86. The first-order chi connectivity index (χ1) is 9.97. The minimum atomic E-state index is -1.26. The van der Waals surface area contributed by atoms with Gasteiger partial charge in [0, 0.05) is 6.54 Å². The molecule has 0 bridgehead atoms.